The van der Waals surface area contributed by atoms with Crippen LogP contribution in [0, 0.1) is 5.82 Å². The highest BCUT2D eigenvalue weighted by Crippen LogP contribution is 2.16. The molecule has 126 valence electrons. The molecule has 2 aromatic rings. The summed E-state index contributed by atoms with van der Waals surface area (Å²) in [5, 5.41) is 5.44. The van der Waals surface area contributed by atoms with E-state index in [9.17, 15) is 14.0 Å². The lowest BCUT2D eigenvalue weighted by Gasteiger charge is -2.14. The molecule has 0 aliphatic rings. The van der Waals surface area contributed by atoms with Crippen molar-refractivity contribution in [2.24, 2.45) is 0 Å². The molecular weight excluding hydrogens is 309 g/mol. The highest BCUT2D eigenvalue weighted by Gasteiger charge is 2.11. The Morgan fingerprint density at radius 3 is 2.38 bits per heavy atom. The second-order valence-electron chi connectivity index (χ2n) is 5.56. The summed E-state index contributed by atoms with van der Waals surface area (Å²) in [6, 6.07) is 12.7. The van der Waals surface area contributed by atoms with Gasteiger partial charge in [-0.15, -0.1) is 0 Å². The lowest BCUT2D eigenvalue weighted by molar-refractivity contribution is -0.127. The molecule has 0 saturated heterocycles. The van der Waals surface area contributed by atoms with Crippen molar-refractivity contribution in [3.8, 4) is 0 Å². The third-order valence-electron chi connectivity index (χ3n) is 3.47. The molecule has 2 N–H and O–H groups in total. The van der Waals surface area contributed by atoms with Crippen LogP contribution in [0.1, 0.15) is 11.1 Å². The van der Waals surface area contributed by atoms with Gasteiger partial charge in [0.15, 0.2) is 0 Å². The maximum Gasteiger partial charge on any atom is 0.319 e. The van der Waals surface area contributed by atoms with Crippen LogP contribution < -0.4 is 10.6 Å². The number of hydrogen-bond donors (Lipinski definition) is 2. The molecule has 0 aliphatic heterocycles. The van der Waals surface area contributed by atoms with Gasteiger partial charge in [-0.2, -0.15) is 0 Å². The number of benzene rings is 2. The van der Waals surface area contributed by atoms with E-state index in [2.05, 4.69) is 10.6 Å². The van der Waals surface area contributed by atoms with Crippen LogP contribution >= 0.6 is 0 Å². The van der Waals surface area contributed by atoms with Crippen LogP contribution in [0.5, 0.6) is 0 Å². The Bertz CT molecular complexity index is 714. The van der Waals surface area contributed by atoms with Gasteiger partial charge >= 0.3 is 6.03 Å². The number of carbonyl (C=O) groups excluding carboxylic acids is 2. The highest BCUT2D eigenvalue weighted by atomic mass is 19.1. The fourth-order valence-corrected chi connectivity index (χ4v) is 2.07. The minimum absolute atomic E-state index is 0.0454. The molecule has 6 heteroatoms. The van der Waals surface area contributed by atoms with Crippen LogP contribution in [-0.4, -0.2) is 30.9 Å². The molecule has 0 spiro atoms. The van der Waals surface area contributed by atoms with Crippen LogP contribution in [0.15, 0.2) is 48.5 Å². The monoisotopic (exact) mass is 329 g/mol. The molecule has 24 heavy (non-hydrogen) atoms. The minimum Gasteiger partial charge on any atom is -0.349 e. The van der Waals surface area contributed by atoms with Crippen LogP contribution in [0.25, 0.3) is 0 Å². The lowest BCUT2D eigenvalue weighted by Crippen LogP contribution is -2.29. The molecule has 3 amide bonds. The second kappa shape index (κ2) is 8.10. The number of para-hydroxylation sites is 1. The zero-order chi connectivity index (χ0) is 17.5. The van der Waals surface area contributed by atoms with E-state index in [1.807, 2.05) is 6.07 Å². The summed E-state index contributed by atoms with van der Waals surface area (Å²) in [6.45, 7) is 0.283. The van der Waals surface area contributed by atoms with Crippen molar-refractivity contribution in [3.05, 3.63) is 65.5 Å². The number of likely N-dealkylation sites (N-methyl/N-ethyl adjacent to an activating group) is 1. The van der Waals surface area contributed by atoms with Gasteiger partial charge in [0, 0.05) is 26.3 Å². The average molecular weight is 329 g/mol. The van der Waals surface area contributed by atoms with Gasteiger partial charge < -0.3 is 15.5 Å². The SMILES string of the molecule is CN(C)C(=O)Cc1ccccc1NC(=O)NCc1ccc(F)cc1. The average Bonchev–Trinajstić information content (AvgIpc) is 2.56. The first-order valence-corrected chi connectivity index (χ1v) is 7.53. The maximum absolute atomic E-state index is 12.8. The fraction of sp³-hybridized carbons (Fsp3) is 0.222. The normalized spacial score (nSPS) is 10.1. The Kier molecular flexibility index (Phi) is 5.89. The first-order chi connectivity index (χ1) is 11.5. The van der Waals surface area contributed by atoms with E-state index < -0.39 is 0 Å². The molecule has 0 unspecified atom stereocenters. The van der Waals surface area contributed by atoms with Crippen LogP contribution in [0.4, 0.5) is 14.9 Å². The molecule has 0 radical (unpaired) electrons. The number of hydrogen-bond acceptors (Lipinski definition) is 2. The third kappa shape index (κ3) is 5.08. The van der Waals surface area contributed by atoms with E-state index >= 15 is 0 Å². The second-order valence-corrected chi connectivity index (χ2v) is 5.56. The van der Waals surface area contributed by atoms with Crippen molar-refractivity contribution in [2.45, 2.75) is 13.0 Å². The number of anilines is 1. The molecule has 0 aliphatic carbocycles. The molecule has 0 fully saturated rings. The van der Waals surface area contributed by atoms with Crippen LogP contribution in [-0.2, 0) is 17.8 Å². The zero-order valence-electron chi connectivity index (χ0n) is 13.7. The molecule has 5 nitrogen and oxygen atoms in total. The van der Waals surface area contributed by atoms with Crippen LogP contribution in [0.3, 0.4) is 0 Å². The quantitative estimate of drug-likeness (QED) is 0.886. The summed E-state index contributed by atoms with van der Waals surface area (Å²) in [6.07, 6.45) is 0.210. The topological polar surface area (TPSA) is 61.4 Å². The third-order valence-corrected chi connectivity index (χ3v) is 3.47. The Morgan fingerprint density at radius 1 is 1.04 bits per heavy atom. The molecule has 0 saturated carbocycles. The summed E-state index contributed by atoms with van der Waals surface area (Å²) >= 11 is 0. The number of carbonyl (C=O) groups is 2. The number of halogens is 1. The van der Waals surface area contributed by atoms with E-state index in [0.29, 0.717) is 5.69 Å². The molecule has 0 bridgehead atoms. The van der Waals surface area contributed by atoms with Gasteiger partial charge in [-0.05, 0) is 29.3 Å². The van der Waals surface area contributed by atoms with Crippen molar-refractivity contribution >= 4 is 17.6 Å². The largest absolute Gasteiger partial charge is 0.349 e. The Hall–Kier alpha value is -2.89. The molecule has 0 atom stereocenters. The van der Waals surface area contributed by atoms with Crippen LogP contribution in [0.2, 0.25) is 0 Å². The first-order valence-electron chi connectivity index (χ1n) is 7.53. The number of urea groups is 1. The highest BCUT2D eigenvalue weighted by molar-refractivity contribution is 5.91. The van der Waals surface area contributed by atoms with E-state index in [0.717, 1.165) is 11.1 Å². The predicted octanol–water partition coefficient (Wildman–Crippen LogP) is 2.78. The summed E-state index contributed by atoms with van der Waals surface area (Å²) in [5.41, 5.74) is 2.13. The number of nitrogens with one attached hydrogen (secondary N) is 2. The van der Waals surface area contributed by atoms with E-state index in [1.54, 1.807) is 44.4 Å². The van der Waals surface area contributed by atoms with Gasteiger partial charge in [0.1, 0.15) is 5.82 Å². The van der Waals surface area contributed by atoms with E-state index in [1.165, 1.54) is 17.0 Å². The van der Waals surface area contributed by atoms with Crippen molar-refractivity contribution in [2.75, 3.05) is 19.4 Å². The van der Waals surface area contributed by atoms with Crippen molar-refractivity contribution < 1.29 is 14.0 Å². The first kappa shape index (κ1) is 17.5. The standard InChI is InChI=1S/C18H20FN3O2/c1-22(2)17(23)11-14-5-3-4-6-16(14)21-18(24)20-12-13-7-9-15(19)10-8-13/h3-10H,11-12H2,1-2H3,(H2,20,21,24). The Morgan fingerprint density at radius 2 is 1.71 bits per heavy atom. The Balaban J connectivity index is 1.96. The van der Waals surface area contributed by atoms with Gasteiger partial charge in [0.05, 0.1) is 6.42 Å². The van der Waals surface area contributed by atoms with Gasteiger partial charge in [-0.1, -0.05) is 30.3 Å². The molecule has 0 heterocycles. The van der Waals surface area contributed by atoms with E-state index in [4.69, 9.17) is 0 Å². The van der Waals surface area contributed by atoms with Crippen molar-refractivity contribution in [1.29, 1.82) is 0 Å². The number of rotatable bonds is 5. The zero-order valence-corrected chi connectivity index (χ0v) is 13.7. The summed E-state index contributed by atoms with van der Waals surface area (Å²) < 4.78 is 12.8. The summed E-state index contributed by atoms with van der Waals surface area (Å²) in [4.78, 5) is 25.4. The van der Waals surface area contributed by atoms with Crippen molar-refractivity contribution in [1.82, 2.24) is 10.2 Å². The predicted molar refractivity (Wildman–Crippen MR) is 91.1 cm³/mol. The number of nitrogens with zero attached hydrogens (tertiary/aromatic N) is 1. The van der Waals surface area contributed by atoms with Gasteiger partial charge in [-0.3, -0.25) is 4.79 Å². The van der Waals surface area contributed by atoms with E-state index in [-0.39, 0.29) is 30.7 Å². The summed E-state index contributed by atoms with van der Waals surface area (Å²) in [5.74, 6) is -0.362. The minimum atomic E-state index is -0.385. The van der Waals surface area contributed by atoms with Gasteiger partial charge in [-0.25, -0.2) is 9.18 Å². The Labute approximate surface area is 140 Å². The molecule has 0 aromatic heterocycles. The van der Waals surface area contributed by atoms with Crippen molar-refractivity contribution in [3.63, 3.8) is 0 Å². The lowest BCUT2D eigenvalue weighted by atomic mass is 10.1. The maximum atomic E-state index is 12.8. The van der Waals surface area contributed by atoms with Gasteiger partial charge in [0.25, 0.3) is 0 Å². The van der Waals surface area contributed by atoms with Gasteiger partial charge in [0.2, 0.25) is 5.91 Å². The number of amides is 3. The molecule has 2 rings (SSSR count). The summed E-state index contributed by atoms with van der Waals surface area (Å²) in [7, 11) is 3.38. The smallest absolute Gasteiger partial charge is 0.319 e. The fourth-order valence-electron chi connectivity index (χ4n) is 2.07. The molecular formula is C18H20FN3O2. The molecule has 2 aromatic carbocycles.